The Morgan fingerprint density at radius 2 is 2.00 bits per heavy atom. The summed E-state index contributed by atoms with van der Waals surface area (Å²) < 4.78 is 15.6. The lowest BCUT2D eigenvalue weighted by Crippen LogP contribution is -2.13. The average Bonchev–Trinajstić information content (AvgIpc) is 2.55. The zero-order valence-electron chi connectivity index (χ0n) is 9.66. The highest BCUT2D eigenvalue weighted by Crippen LogP contribution is 2.28. The molecule has 90 valence electrons. The average molecular weight is 225 g/mol. The minimum Gasteiger partial charge on any atom is -0.330 e. The summed E-state index contributed by atoms with van der Waals surface area (Å²) in [5, 5.41) is 4.19. The van der Waals surface area contributed by atoms with Gasteiger partial charge in [0, 0.05) is 5.56 Å². The van der Waals surface area contributed by atoms with Gasteiger partial charge in [0.2, 0.25) is 5.95 Å². The number of aromatic nitrogens is 2. The van der Waals surface area contributed by atoms with Crippen molar-refractivity contribution in [2.24, 2.45) is 5.73 Å². The molecule has 1 saturated carbocycles. The Hall–Kier alpha value is -0.900. The quantitative estimate of drug-likeness (QED) is 0.803. The molecule has 1 aromatic rings. The van der Waals surface area contributed by atoms with Crippen LogP contribution in [0.5, 0.6) is 0 Å². The zero-order chi connectivity index (χ0) is 11.4. The summed E-state index contributed by atoms with van der Waals surface area (Å²) in [6, 6.07) is 0.258. The third kappa shape index (κ3) is 2.43. The normalized spacial score (nSPS) is 18.6. The molecule has 0 amide bonds. The predicted molar refractivity (Wildman–Crippen MR) is 61.7 cm³/mol. The van der Waals surface area contributed by atoms with E-state index in [1.54, 1.807) is 10.9 Å². The van der Waals surface area contributed by atoms with Crippen LogP contribution >= 0.6 is 0 Å². The maximum absolute atomic E-state index is 14.0. The first-order valence-corrected chi connectivity index (χ1v) is 6.25. The third-order valence-corrected chi connectivity index (χ3v) is 3.39. The van der Waals surface area contributed by atoms with Gasteiger partial charge in [0.25, 0.3) is 0 Å². The van der Waals surface area contributed by atoms with Crippen molar-refractivity contribution in [3.8, 4) is 0 Å². The minimum atomic E-state index is -0.169. The van der Waals surface area contributed by atoms with Crippen LogP contribution in [-0.4, -0.2) is 16.3 Å². The Labute approximate surface area is 95.8 Å². The fourth-order valence-corrected chi connectivity index (χ4v) is 2.46. The maximum Gasteiger partial charge on any atom is 0.214 e. The molecule has 0 radical (unpaired) electrons. The van der Waals surface area contributed by atoms with Crippen LogP contribution in [0.25, 0.3) is 0 Å². The van der Waals surface area contributed by atoms with E-state index in [2.05, 4.69) is 5.10 Å². The van der Waals surface area contributed by atoms with Gasteiger partial charge in [-0.3, -0.25) is 0 Å². The van der Waals surface area contributed by atoms with E-state index in [1.165, 1.54) is 25.7 Å². The largest absolute Gasteiger partial charge is 0.330 e. The summed E-state index contributed by atoms with van der Waals surface area (Å²) in [5.41, 5.74) is 6.10. The van der Waals surface area contributed by atoms with Gasteiger partial charge in [0.05, 0.1) is 12.2 Å². The van der Waals surface area contributed by atoms with Gasteiger partial charge in [-0.2, -0.15) is 9.49 Å². The molecule has 0 unspecified atom stereocenters. The predicted octanol–water partition coefficient (Wildman–Crippen LogP) is 2.42. The van der Waals surface area contributed by atoms with Gasteiger partial charge in [0.15, 0.2) is 0 Å². The van der Waals surface area contributed by atoms with Crippen molar-refractivity contribution in [1.82, 2.24) is 9.78 Å². The number of hydrogen-bond donors (Lipinski definition) is 1. The summed E-state index contributed by atoms with van der Waals surface area (Å²) in [4.78, 5) is 0. The second kappa shape index (κ2) is 5.43. The first-order chi connectivity index (χ1) is 7.83. The molecular formula is C12H20FN3. The van der Waals surface area contributed by atoms with E-state index in [0.717, 1.165) is 12.8 Å². The summed E-state index contributed by atoms with van der Waals surface area (Å²) in [5.74, 6) is -0.169. The molecule has 0 bridgehead atoms. The minimum absolute atomic E-state index is 0.169. The molecule has 4 heteroatoms. The topological polar surface area (TPSA) is 43.8 Å². The zero-order valence-corrected chi connectivity index (χ0v) is 9.66. The van der Waals surface area contributed by atoms with E-state index in [4.69, 9.17) is 5.73 Å². The monoisotopic (exact) mass is 225 g/mol. The van der Waals surface area contributed by atoms with Crippen molar-refractivity contribution < 1.29 is 4.39 Å². The van der Waals surface area contributed by atoms with Crippen LogP contribution in [0.2, 0.25) is 0 Å². The number of rotatable bonds is 3. The number of hydrogen-bond acceptors (Lipinski definition) is 2. The van der Waals surface area contributed by atoms with Crippen molar-refractivity contribution in [2.75, 3.05) is 6.54 Å². The lowest BCUT2D eigenvalue weighted by molar-refractivity contribution is 0.342. The number of nitrogens with two attached hydrogens (primary N) is 1. The smallest absolute Gasteiger partial charge is 0.214 e. The number of nitrogens with zero attached hydrogens (tertiary/aromatic N) is 2. The van der Waals surface area contributed by atoms with Crippen molar-refractivity contribution in [3.05, 3.63) is 17.7 Å². The third-order valence-electron chi connectivity index (χ3n) is 3.39. The summed E-state index contributed by atoms with van der Waals surface area (Å²) >= 11 is 0. The molecule has 2 N–H and O–H groups in total. The van der Waals surface area contributed by atoms with E-state index in [0.29, 0.717) is 18.5 Å². The molecule has 2 rings (SSSR count). The molecule has 1 heterocycles. The number of halogens is 1. The highest BCUT2D eigenvalue weighted by atomic mass is 19.1. The Balaban J connectivity index is 2.12. The van der Waals surface area contributed by atoms with Crippen molar-refractivity contribution >= 4 is 0 Å². The molecule has 16 heavy (non-hydrogen) atoms. The van der Waals surface area contributed by atoms with E-state index in [1.807, 2.05) is 0 Å². The standard InChI is InChI=1S/C12H20FN3/c13-12-10(7-8-14)9-15-16(12)11-5-3-1-2-4-6-11/h9,11H,1-8,14H2. The van der Waals surface area contributed by atoms with Crippen LogP contribution < -0.4 is 5.73 Å². The summed E-state index contributed by atoms with van der Waals surface area (Å²) in [7, 11) is 0. The van der Waals surface area contributed by atoms with E-state index < -0.39 is 0 Å². The van der Waals surface area contributed by atoms with E-state index in [9.17, 15) is 4.39 Å². The lowest BCUT2D eigenvalue weighted by atomic mass is 10.1. The highest BCUT2D eigenvalue weighted by Gasteiger charge is 2.19. The van der Waals surface area contributed by atoms with Gasteiger partial charge in [-0.25, -0.2) is 4.68 Å². The van der Waals surface area contributed by atoms with Gasteiger partial charge in [-0.1, -0.05) is 25.7 Å². The Bertz CT molecular complexity index is 327. The van der Waals surface area contributed by atoms with Crippen LogP contribution in [0, 0.1) is 5.95 Å². The van der Waals surface area contributed by atoms with Gasteiger partial charge >= 0.3 is 0 Å². The van der Waals surface area contributed by atoms with Crippen molar-refractivity contribution in [1.29, 1.82) is 0 Å². The molecule has 0 aromatic carbocycles. The SMILES string of the molecule is NCCc1cnn(C2CCCCCC2)c1F. The van der Waals surface area contributed by atoms with Gasteiger partial charge in [0.1, 0.15) is 0 Å². The molecular weight excluding hydrogens is 205 g/mol. The lowest BCUT2D eigenvalue weighted by Gasteiger charge is -2.15. The molecule has 0 spiro atoms. The second-order valence-electron chi connectivity index (χ2n) is 4.59. The van der Waals surface area contributed by atoms with Crippen LogP contribution in [-0.2, 0) is 6.42 Å². The molecule has 1 aliphatic carbocycles. The first-order valence-electron chi connectivity index (χ1n) is 6.25. The molecule has 1 fully saturated rings. The summed E-state index contributed by atoms with van der Waals surface area (Å²) in [6.45, 7) is 0.479. The molecule has 3 nitrogen and oxygen atoms in total. The van der Waals surface area contributed by atoms with Crippen LogP contribution in [0.3, 0.4) is 0 Å². The fraction of sp³-hybridized carbons (Fsp3) is 0.750. The van der Waals surface area contributed by atoms with Crippen LogP contribution in [0.1, 0.15) is 50.1 Å². The van der Waals surface area contributed by atoms with Crippen LogP contribution in [0.15, 0.2) is 6.20 Å². The Kier molecular flexibility index (Phi) is 3.93. The molecule has 0 saturated heterocycles. The first kappa shape index (κ1) is 11.6. The highest BCUT2D eigenvalue weighted by molar-refractivity contribution is 5.08. The van der Waals surface area contributed by atoms with Gasteiger partial charge < -0.3 is 5.73 Å². The van der Waals surface area contributed by atoms with Crippen molar-refractivity contribution in [2.45, 2.75) is 51.0 Å². The molecule has 1 aromatic heterocycles. The molecule has 0 aliphatic heterocycles. The maximum atomic E-state index is 14.0. The summed E-state index contributed by atoms with van der Waals surface area (Å²) in [6.07, 6.45) is 9.25. The van der Waals surface area contributed by atoms with E-state index >= 15 is 0 Å². The Morgan fingerprint density at radius 1 is 1.31 bits per heavy atom. The van der Waals surface area contributed by atoms with Gasteiger partial charge in [-0.15, -0.1) is 0 Å². The van der Waals surface area contributed by atoms with Gasteiger partial charge in [-0.05, 0) is 25.8 Å². The fourth-order valence-electron chi connectivity index (χ4n) is 2.46. The second-order valence-corrected chi connectivity index (χ2v) is 4.59. The van der Waals surface area contributed by atoms with Crippen molar-refractivity contribution in [3.63, 3.8) is 0 Å². The molecule has 1 aliphatic rings. The molecule has 0 atom stereocenters. The van der Waals surface area contributed by atoms with E-state index in [-0.39, 0.29) is 12.0 Å². The Morgan fingerprint density at radius 3 is 2.62 bits per heavy atom. The van der Waals surface area contributed by atoms with Crippen LogP contribution in [0.4, 0.5) is 4.39 Å².